The Morgan fingerprint density at radius 3 is 1.89 bits per heavy atom. The second-order valence-corrected chi connectivity index (χ2v) is 5.70. The third-order valence-corrected chi connectivity index (χ3v) is 2.20. The Morgan fingerprint density at radius 2 is 1.78 bits per heavy atom. The largest absolute Gasteiger partial charge is 0.411 e. The molecule has 0 aliphatic heterocycles. The van der Waals surface area contributed by atoms with E-state index in [1.165, 1.54) is 6.55 Å². The summed E-state index contributed by atoms with van der Waals surface area (Å²) in [4.78, 5) is 19.8. The number of hydrogen-bond acceptors (Lipinski definition) is 3. The van der Waals surface area contributed by atoms with E-state index in [2.05, 4.69) is 0 Å². The first-order valence-electron chi connectivity index (χ1n) is 3.01. The maximum atomic E-state index is 8.93. The molecule has 0 heterocycles. The van der Waals surface area contributed by atoms with Crippen molar-refractivity contribution in [2.75, 3.05) is 20.6 Å². The molecule has 0 spiro atoms. The summed E-state index contributed by atoms with van der Waals surface area (Å²) in [6.45, 7) is 2.28. The van der Waals surface area contributed by atoms with Crippen molar-refractivity contribution in [2.45, 2.75) is 12.6 Å². The minimum absolute atomic E-state index is 0.528. The lowest BCUT2D eigenvalue weighted by atomic mass is 10.7. The van der Waals surface area contributed by atoms with Crippen molar-refractivity contribution in [3.05, 3.63) is 0 Å². The molecule has 0 radical (unpaired) electrons. The fourth-order valence-corrected chi connectivity index (χ4v) is 1.31. The van der Waals surface area contributed by atoms with Gasteiger partial charge in [-0.1, -0.05) is 0 Å². The molecule has 4 heteroatoms. The Hall–Kier alpha value is 0.0969. The fourth-order valence-electron chi connectivity index (χ4n) is 0.435. The van der Waals surface area contributed by atoms with Crippen LogP contribution in [0.3, 0.4) is 0 Å². The van der Waals surface area contributed by atoms with Gasteiger partial charge in [-0.15, -0.1) is 0 Å². The highest BCUT2D eigenvalue weighted by molar-refractivity contribution is 6.63. The van der Waals surface area contributed by atoms with Crippen LogP contribution in [0.5, 0.6) is 0 Å². The van der Waals surface area contributed by atoms with Gasteiger partial charge >= 0.3 is 8.56 Å². The normalized spacial score (nSPS) is 12.7. The minimum Gasteiger partial charge on any atom is -0.411 e. The molecule has 0 aromatic carbocycles. The van der Waals surface area contributed by atoms with Gasteiger partial charge in [-0.05, 0) is 27.2 Å². The average Bonchev–Trinajstić information content (AvgIpc) is 1.59. The zero-order valence-electron chi connectivity index (χ0n) is 6.26. The fraction of sp³-hybridized carbons (Fsp3) is 1.00. The monoisotopic (exact) mass is 149 g/mol. The van der Waals surface area contributed by atoms with Crippen molar-refractivity contribution in [2.24, 2.45) is 0 Å². The van der Waals surface area contributed by atoms with Crippen molar-refractivity contribution >= 4 is 8.56 Å². The van der Waals surface area contributed by atoms with Gasteiger partial charge in [-0.25, -0.2) is 0 Å². The van der Waals surface area contributed by atoms with Gasteiger partial charge in [-0.2, -0.15) is 0 Å². The molecule has 0 unspecified atom stereocenters. The predicted molar refractivity (Wildman–Crippen MR) is 39.4 cm³/mol. The Labute approximate surface area is 57.2 Å². The van der Waals surface area contributed by atoms with Crippen molar-refractivity contribution in [3.8, 4) is 0 Å². The van der Waals surface area contributed by atoms with E-state index >= 15 is 0 Å². The molecular weight excluding hydrogens is 134 g/mol. The molecule has 0 atom stereocenters. The van der Waals surface area contributed by atoms with Crippen LogP contribution in [0.4, 0.5) is 0 Å². The molecule has 0 bridgehead atoms. The molecule has 0 aromatic rings. The topological polar surface area (TPSA) is 43.7 Å². The Kier molecular flexibility index (Phi) is 3.35. The summed E-state index contributed by atoms with van der Waals surface area (Å²) in [5, 5.41) is 0. The first kappa shape index (κ1) is 9.10. The van der Waals surface area contributed by atoms with E-state index in [1.807, 2.05) is 19.0 Å². The zero-order chi connectivity index (χ0) is 7.49. The number of hydrogen-bond donors (Lipinski definition) is 2. The van der Waals surface area contributed by atoms with Crippen molar-refractivity contribution in [1.29, 1.82) is 0 Å². The summed E-state index contributed by atoms with van der Waals surface area (Å²) < 4.78 is 0. The molecule has 0 saturated carbocycles. The van der Waals surface area contributed by atoms with Crippen LogP contribution in [0.1, 0.15) is 0 Å². The average molecular weight is 149 g/mol. The lowest BCUT2D eigenvalue weighted by Gasteiger charge is -2.14. The van der Waals surface area contributed by atoms with Gasteiger partial charge in [0.25, 0.3) is 0 Å². The van der Waals surface area contributed by atoms with Gasteiger partial charge in [0.2, 0.25) is 0 Å². The first-order valence-corrected chi connectivity index (χ1v) is 5.61. The minimum atomic E-state index is -2.76. The molecule has 0 fully saturated rings. The first-order chi connectivity index (χ1) is 3.92. The quantitative estimate of drug-likeness (QED) is 0.537. The molecular formula is C5H15NO2Si. The molecule has 2 N–H and O–H groups in total. The van der Waals surface area contributed by atoms with E-state index in [4.69, 9.17) is 9.59 Å². The summed E-state index contributed by atoms with van der Waals surface area (Å²) >= 11 is 0. The highest BCUT2D eigenvalue weighted by Gasteiger charge is 2.20. The van der Waals surface area contributed by atoms with Crippen molar-refractivity contribution < 1.29 is 9.59 Å². The highest BCUT2D eigenvalue weighted by Crippen LogP contribution is 1.99. The van der Waals surface area contributed by atoms with E-state index in [1.54, 1.807) is 0 Å². The number of rotatable bonds is 3. The molecule has 0 aromatic heterocycles. The molecule has 0 amide bonds. The van der Waals surface area contributed by atoms with E-state index in [0.717, 1.165) is 6.54 Å². The SMILES string of the molecule is CN(C)CC[Si](C)(O)O. The second-order valence-electron chi connectivity index (χ2n) is 2.77. The van der Waals surface area contributed by atoms with Crippen LogP contribution < -0.4 is 0 Å². The predicted octanol–water partition coefficient (Wildman–Crippen LogP) is -0.395. The smallest absolute Gasteiger partial charge is 0.330 e. The van der Waals surface area contributed by atoms with Gasteiger partial charge in [0.15, 0.2) is 0 Å². The van der Waals surface area contributed by atoms with Gasteiger partial charge in [0.05, 0.1) is 0 Å². The Morgan fingerprint density at radius 1 is 1.33 bits per heavy atom. The molecule has 0 saturated heterocycles. The van der Waals surface area contributed by atoms with Gasteiger partial charge in [0.1, 0.15) is 0 Å². The lowest BCUT2D eigenvalue weighted by molar-refractivity contribution is 0.346. The van der Waals surface area contributed by atoms with Gasteiger partial charge in [-0.3, -0.25) is 0 Å². The molecule has 0 aliphatic carbocycles. The number of nitrogens with zero attached hydrogens (tertiary/aromatic N) is 1. The van der Waals surface area contributed by atoms with Crippen LogP contribution in [-0.4, -0.2) is 43.7 Å². The van der Waals surface area contributed by atoms with Crippen LogP contribution in [0.2, 0.25) is 12.6 Å². The zero-order valence-corrected chi connectivity index (χ0v) is 7.26. The summed E-state index contributed by atoms with van der Waals surface area (Å²) in [6, 6.07) is 0.528. The maximum absolute atomic E-state index is 8.93. The standard InChI is InChI=1S/C5H15NO2Si/c1-6(2)4-5-9(3,7)8/h7-8H,4-5H2,1-3H3. The van der Waals surface area contributed by atoms with E-state index in [0.29, 0.717) is 6.04 Å². The van der Waals surface area contributed by atoms with Crippen LogP contribution in [0.25, 0.3) is 0 Å². The maximum Gasteiger partial charge on any atom is 0.330 e. The van der Waals surface area contributed by atoms with Gasteiger partial charge in [0, 0.05) is 6.04 Å². The lowest BCUT2D eigenvalue weighted by Crippen LogP contribution is -2.33. The van der Waals surface area contributed by atoms with Crippen LogP contribution >= 0.6 is 0 Å². The summed E-state index contributed by atoms with van der Waals surface area (Å²) in [6.07, 6.45) is 0. The summed E-state index contributed by atoms with van der Waals surface area (Å²) in [7, 11) is 1.07. The van der Waals surface area contributed by atoms with E-state index < -0.39 is 8.56 Å². The van der Waals surface area contributed by atoms with Crippen molar-refractivity contribution in [3.63, 3.8) is 0 Å². The Bertz CT molecular complexity index is 79.5. The second kappa shape index (κ2) is 3.31. The third-order valence-electron chi connectivity index (χ3n) is 1.03. The Balaban J connectivity index is 3.28. The van der Waals surface area contributed by atoms with Crippen LogP contribution in [-0.2, 0) is 0 Å². The van der Waals surface area contributed by atoms with E-state index in [9.17, 15) is 0 Å². The van der Waals surface area contributed by atoms with Gasteiger partial charge < -0.3 is 14.5 Å². The molecule has 3 nitrogen and oxygen atoms in total. The summed E-state index contributed by atoms with van der Waals surface area (Å²) in [5.41, 5.74) is 0. The van der Waals surface area contributed by atoms with Crippen LogP contribution in [0.15, 0.2) is 0 Å². The highest BCUT2D eigenvalue weighted by atomic mass is 28.4. The van der Waals surface area contributed by atoms with Crippen LogP contribution in [0, 0.1) is 0 Å². The van der Waals surface area contributed by atoms with Crippen molar-refractivity contribution in [1.82, 2.24) is 4.90 Å². The molecule has 0 rings (SSSR count). The third kappa shape index (κ3) is 8.10. The molecule has 0 aliphatic rings. The molecule has 9 heavy (non-hydrogen) atoms. The van der Waals surface area contributed by atoms with E-state index in [-0.39, 0.29) is 0 Å². The summed E-state index contributed by atoms with van der Waals surface area (Å²) in [5.74, 6) is 0. The molecule has 56 valence electrons.